The van der Waals surface area contributed by atoms with Gasteiger partial charge in [-0.2, -0.15) is 0 Å². The molecule has 0 aliphatic heterocycles. The lowest BCUT2D eigenvalue weighted by Gasteiger charge is -2.37. The summed E-state index contributed by atoms with van der Waals surface area (Å²) >= 11 is 0. The molecule has 13 heteroatoms. The van der Waals surface area contributed by atoms with Gasteiger partial charge in [-0.3, -0.25) is 10.1 Å². The van der Waals surface area contributed by atoms with E-state index in [0.29, 0.717) is 17.7 Å². The standard InChI is InChI=1S/C44H68FNO8Si3/c1-10-11-19-22-35(2)51-43-30-25-37(34-41(43)46(48)49)36-23-27-39(28-24-36)52-44(47)38-26-29-42(40(45)33-38)50-31-20-17-15-13-12-14-16-18-21-32-56(6,7)54-57(8,9)53-55(3,4)5/h23-30,33-35H,10-22,31-32H2,1-9H3/t35-/m1/s1. The third-order valence-electron chi connectivity index (χ3n) is 9.52. The lowest BCUT2D eigenvalue weighted by Crippen LogP contribution is -2.51. The number of ether oxygens (including phenoxy) is 3. The normalized spacial score (nSPS) is 12.7. The van der Waals surface area contributed by atoms with Crippen LogP contribution in [0.1, 0.15) is 108 Å². The highest BCUT2D eigenvalue weighted by molar-refractivity contribution is 6.87. The van der Waals surface area contributed by atoms with Gasteiger partial charge in [-0.15, -0.1) is 0 Å². The zero-order chi connectivity index (χ0) is 42.1. The highest BCUT2D eigenvalue weighted by Gasteiger charge is 2.37. The van der Waals surface area contributed by atoms with Crippen molar-refractivity contribution in [1.29, 1.82) is 0 Å². The number of unbranched alkanes of at least 4 members (excludes halogenated alkanes) is 10. The molecule has 3 rings (SSSR count). The molecular formula is C44H68FNO8Si3. The molecule has 0 heterocycles. The summed E-state index contributed by atoms with van der Waals surface area (Å²) in [5, 5.41) is 11.8. The van der Waals surface area contributed by atoms with Gasteiger partial charge in [0.25, 0.3) is 0 Å². The Morgan fingerprint density at radius 3 is 1.93 bits per heavy atom. The fourth-order valence-corrected chi connectivity index (χ4v) is 20.3. The topological polar surface area (TPSA) is 106 Å². The van der Waals surface area contributed by atoms with Crippen molar-refractivity contribution in [1.82, 2.24) is 0 Å². The second-order valence-electron chi connectivity index (χ2n) is 17.2. The molecule has 0 radical (unpaired) electrons. The largest absolute Gasteiger partial charge is 0.491 e. The van der Waals surface area contributed by atoms with Gasteiger partial charge >= 0.3 is 20.2 Å². The number of nitrogens with zero attached hydrogens (tertiary/aromatic N) is 1. The number of esters is 1. The quantitative estimate of drug-likeness (QED) is 0.0187. The Hall–Kier alpha value is -3.37. The number of nitro groups is 1. The van der Waals surface area contributed by atoms with Gasteiger partial charge in [0.15, 0.2) is 34.0 Å². The van der Waals surface area contributed by atoms with E-state index in [1.807, 2.05) is 6.92 Å². The van der Waals surface area contributed by atoms with Crippen LogP contribution in [-0.2, 0) is 8.23 Å². The van der Waals surface area contributed by atoms with Gasteiger partial charge in [0.05, 0.1) is 23.2 Å². The van der Waals surface area contributed by atoms with Gasteiger partial charge in [0, 0.05) is 6.07 Å². The first-order valence-corrected chi connectivity index (χ1v) is 30.3. The van der Waals surface area contributed by atoms with E-state index in [-0.39, 0.29) is 34.6 Å². The van der Waals surface area contributed by atoms with Crippen LogP contribution in [0.5, 0.6) is 17.2 Å². The van der Waals surface area contributed by atoms with Crippen LogP contribution in [0.3, 0.4) is 0 Å². The van der Waals surface area contributed by atoms with Crippen LogP contribution in [0, 0.1) is 15.9 Å². The molecule has 316 valence electrons. The van der Waals surface area contributed by atoms with E-state index < -0.39 is 41.9 Å². The first-order chi connectivity index (χ1) is 26.9. The first-order valence-electron chi connectivity index (χ1n) is 21.0. The molecule has 0 saturated heterocycles. The second kappa shape index (κ2) is 23.3. The fraction of sp³-hybridized carbons (Fsp3) is 0.568. The van der Waals surface area contributed by atoms with Crippen LogP contribution in [-0.4, -0.2) is 48.8 Å². The molecule has 9 nitrogen and oxygen atoms in total. The Kier molecular flexibility index (Phi) is 19.6. The Labute approximate surface area is 344 Å². The van der Waals surface area contributed by atoms with E-state index in [0.717, 1.165) is 51.0 Å². The summed E-state index contributed by atoms with van der Waals surface area (Å²) in [5.74, 6) is -0.708. The molecule has 0 spiro atoms. The molecule has 57 heavy (non-hydrogen) atoms. The van der Waals surface area contributed by atoms with Crippen molar-refractivity contribution in [2.24, 2.45) is 0 Å². The number of carbonyl (C=O) groups is 1. The number of rotatable bonds is 27. The third-order valence-corrected chi connectivity index (χ3v) is 19.7. The van der Waals surface area contributed by atoms with Crippen LogP contribution in [0.4, 0.5) is 10.1 Å². The van der Waals surface area contributed by atoms with Crippen molar-refractivity contribution in [3.05, 3.63) is 82.2 Å². The highest BCUT2D eigenvalue weighted by Crippen LogP contribution is 2.34. The number of carbonyl (C=O) groups excluding carboxylic acids is 1. The lowest BCUT2D eigenvalue weighted by atomic mass is 10.0. The van der Waals surface area contributed by atoms with E-state index >= 15 is 0 Å². The lowest BCUT2D eigenvalue weighted by molar-refractivity contribution is -0.386. The van der Waals surface area contributed by atoms with Crippen LogP contribution in [0.15, 0.2) is 60.7 Å². The van der Waals surface area contributed by atoms with Crippen molar-refractivity contribution >= 4 is 36.9 Å². The van der Waals surface area contributed by atoms with Crippen molar-refractivity contribution in [2.75, 3.05) is 6.61 Å². The van der Waals surface area contributed by atoms with Crippen molar-refractivity contribution in [2.45, 2.75) is 155 Å². The average molecular weight is 842 g/mol. The minimum atomic E-state index is -2.07. The molecule has 0 saturated carbocycles. The number of nitro benzene ring substituents is 1. The van der Waals surface area contributed by atoms with Crippen molar-refractivity contribution in [3.8, 4) is 28.4 Å². The van der Waals surface area contributed by atoms with E-state index in [9.17, 15) is 19.3 Å². The molecule has 0 aliphatic rings. The maximum atomic E-state index is 14.9. The molecule has 0 fully saturated rings. The van der Waals surface area contributed by atoms with Gasteiger partial charge in [-0.05, 0) is 126 Å². The van der Waals surface area contributed by atoms with Crippen molar-refractivity contribution in [3.63, 3.8) is 0 Å². The number of hydrogen-bond acceptors (Lipinski definition) is 8. The fourth-order valence-electron chi connectivity index (χ4n) is 7.07. The second-order valence-corrected chi connectivity index (χ2v) is 29.9. The Morgan fingerprint density at radius 1 is 0.737 bits per heavy atom. The van der Waals surface area contributed by atoms with E-state index in [4.69, 9.17) is 22.4 Å². The number of hydrogen-bond donors (Lipinski definition) is 0. The summed E-state index contributed by atoms with van der Waals surface area (Å²) in [6.07, 6.45) is 14.3. The van der Waals surface area contributed by atoms with Gasteiger partial charge in [0.2, 0.25) is 0 Å². The molecule has 3 aromatic rings. The maximum Gasteiger partial charge on any atom is 0.343 e. The zero-order valence-electron chi connectivity index (χ0n) is 36.0. The predicted molar refractivity (Wildman–Crippen MR) is 236 cm³/mol. The molecule has 3 aromatic carbocycles. The molecular weight excluding hydrogens is 774 g/mol. The molecule has 0 amide bonds. The zero-order valence-corrected chi connectivity index (χ0v) is 39.0. The third kappa shape index (κ3) is 18.4. The summed E-state index contributed by atoms with van der Waals surface area (Å²) in [4.78, 5) is 24.2. The van der Waals surface area contributed by atoms with Crippen LogP contribution in [0.25, 0.3) is 11.1 Å². The van der Waals surface area contributed by atoms with Gasteiger partial charge in [0.1, 0.15) is 5.75 Å². The summed E-state index contributed by atoms with van der Waals surface area (Å²) in [6.45, 7) is 20.2. The number of benzene rings is 3. The molecule has 0 unspecified atom stereocenters. The molecule has 1 atom stereocenters. The molecule has 0 bridgehead atoms. The van der Waals surface area contributed by atoms with Gasteiger partial charge in [-0.25, -0.2) is 9.18 Å². The maximum absolute atomic E-state index is 14.9. The van der Waals surface area contributed by atoms with E-state index in [1.165, 1.54) is 62.8 Å². The highest BCUT2D eigenvalue weighted by atomic mass is 28.5. The molecule has 0 aliphatic carbocycles. The van der Waals surface area contributed by atoms with Gasteiger partial charge < -0.3 is 22.4 Å². The van der Waals surface area contributed by atoms with Crippen molar-refractivity contribution < 1.29 is 36.5 Å². The minimum Gasteiger partial charge on any atom is -0.491 e. The van der Waals surface area contributed by atoms with Crippen LogP contribution < -0.4 is 14.2 Å². The van der Waals surface area contributed by atoms with E-state index in [1.54, 1.807) is 36.4 Å². The SMILES string of the molecule is CCCCC[C@@H](C)Oc1ccc(-c2ccc(OC(=O)c3ccc(OCCCCCCCCCCC[Si](C)(C)O[Si](C)(C)O[Si](C)(C)C)c(F)c3)cc2)cc1[N+](=O)[O-]. The monoisotopic (exact) mass is 841 g/mol. The predicted octanol–water partition coefficient (Wildman–Crippen LogP) is 13.6. The Balaban J connectivity index is 1.34. The van der Waals surface area contributed by atoms with E-state index in [2.05, 4.69) is 52.8 Å². The Morgan fingerprint density at radius 2 is 1.33 bits per heavy atom. The Bertz CT molecular complexity index is 1700. The summed E-state index contributed by atoms with van der Waals surface area (Å²) in [7, 11) is -5.39. The summed E-state index contributed by atoms with van der Waals surface area (Å²) in [6, 6.07) is 16.8. The van der Waals surface area contributed by atoms with Crippen LogP contribution >= 0.6 is 0 Å². The summed E-state index contributed by atoms with van der Waals surface area (Å²) in [5.41, 5.74) is 1.29. The minimum absolute atomic E-state index is 0.0656. The van der Waals surface area contributed by atoms with Gasteiger partial charge in [-0.1, -0.05) is 89.3 Å². The number of halogens is 1. The first kappa shape index (κ1) is 48.0. The van der Waals surface area contributed by atoms with Crippen LogP contribution in [0.2, 0.25) is 51.9 Å². The smallest absolute Gasteiger partial charge is 0.343 e. The summed E-state index contributed by atoms with van der Waals surface area (Å²) < 4.78 is 44.9. The molecule has 0 N–H and O–H groups in total. The molecule has 0 aromatic heterocycles. The average Bonchev–Trinajstić information content (AvgIpc) is 3.11.